The first-order valence-corrected chi connectivity index (χ1v) is 7.87. The van der Waals surface area contributed by atoms with E-state index >= 15 is 0 Å². The highest BCUT2D eigenvalue weighted by atomic mass is 79.9. The number of aryl methyl sites for hydroxylation is 1. The van der Waals surface area contributed by atoms with Crippen molar-refractivity contribution >= 4 is 38.9 Å². The first kappa shape index (κ1) is 15.0. The Morgan fingerprint density at radius 3 is 2.74 bits per heavy atom. The summed E-state index contributed by atoms with van der Waals surface area (Å²) in [6.45, 7) is 2.06. The second-order valence-corrected chi connectivity index (χ2v) is 6.85. The normalized spacial score (nSPS) is 12.7. The number of benzene rings is 1. The van der Waals surface area contributed by atoms with Crippen LogP contribution in [0.25, 0.3) is 0 Å². The van der Waals surface area contributed by atoms with E-state index in [9.17, 15) is 4.39 Å². The molecule has 0 saturated heterocycles. The largest absolute Gasteiger partial charge is 0.312 e. The third-order valence-electron chi connectivity index (χ3n) is 3.04. The molecule has 0 aliphatic heterocycles. The van der Waals surface area contributed by atoms with Crippen molar-refractivity contribution in [3.05, 3.63) is 54.9 Å². The second-order valence-electron chi connectivity index (χ2n) is 4.30. The molecule has 5 heteroatoms. The van der Waals surface area contributed by atoms with Gasteiger partial charge in [0.25, 0.3) is 0 Å². The molecule has 1 N–H and O–H groups in total. The Balaban J connectivity index is 2.29. The third-order valence-corrected chi connectivity index (χ3v) is 5.64. The summed E-state index contributed by atoms with van der Waals surface area (Å²) in [5, 5.41) is 3.71. The molecule has 102 valence electrons. The molecule has 1 aromatic carbocycles. The highest BCUT2D eigenvalue weighted by Gasteiger charge is 2.17. The summed E-state index contributed by atoms with van der Waals surface area (Å²) >= 11 is 11.3. The van der Waals surface area contributed by atoms with Crippen molar-refractivity contribution in [1.82, 2.24) is 5.32 Å². The third kappa shape index (κ3) is 3.37. The molecule has 19 heavy (non-hydrogen) atoms. The minimum Gasteiger partial charge on any atom is -0.312 e. The molecule has 1 atom stereocenters. The summed E-state index contributed by atoms with van der Waals surface area (Å²) in [5.74, 6) is -0.250. The Hall–Kier alpha value is -0.420. The number of thiophene rings is 1. The maximum absolute atomic E-state index is 13.8. The van der Waals surface area contributed by atoms with Gasteiger partial charge in [-0.1, -0.05) is 17.7 Å². The van der Waals surface area contributed by atoms with Crippen LogP contribution in [0.4, 0.5) is 4.39 Å². The molecule has 0 radical (unpaired) electrons. The van der Waals surface area contributed by atoms with Gasteiger partial charge < -0.3 is 5.32 Å². The molecule has 0 amide bonds. The first-order valence-electron chi connectivity index (χ1n) is 5.89. The van der Waals surface area contributed by atoms with Gasteiger partial charge in [-0.15, -0.1) is 11.3 Å². The predicted octanol–water partition coefficient (Wildman–Crippen LogP) is 5.11. The molecule has 2 rings (SSSR count). The van der Waals surface area contributed by atoms with Crippen molar-refractivity contribution in [2.24, 2.45) is 0 Å². The minimum atomic E-state index is -0.250. The Morgan fingerprint density at radius 2 is 2.21 bits per heavy atom. The molecule has 0 saturated carbocycles. The maximum atomic E-state index is 13.8. The maximum Gasteiger partial charge on any atom is 0.127 e. The number of nitrogens with one attached hydrogen (secondary N) is 1. The van der Waals surface area contributed by atoms with Crippen LogP contribution >= 0.6 is 38.9 Å². The fourth-order valence-electron chi connectivity index (χ4n) is 1.93. The van der Waals surface area contributed by atoms with Crippen LogP contribution in [0.5, 0.6) is 0 Å². The predicted molar refractivity (Wildman–Crippen MR) is 83.7 cm³/mol. The molecule has 0 spiro atoms. The lowest BCUT2D eigenvalue weighted by molar-refractivity contribution is 0.560. The Labute approximate surface area is 129 Å². The summed E-state index contributed by atoms with van der Waals surface area (Å²) in [6, 6.07) is 6.94. The molecular formula is C14H14BrClFNS. The highest BCUT2D eigenvalue weighted by Crippen LogP contribution is 2.33. The smallest absolute Gasteiger partial charge is 0.127 e. The van der Waals surface area contributed by atoms with E-state index in [1.807, 2.05) is 7.05 Å². The number of likely N-dealkylation sites (N-methyl/N-ethyl adjacent to an activating group) is 1. The van der Waals surface area contributed by atoms with Crippen LogP contribution in [0.2, 0.25) is 5.02 Å². The standard InChI is InChI=1S/C14H14BrClFNS/c1-8-10(15)7-14(19-8)13(18-2)6-9-11(16)4-3-5-12(9)17/h3-5,7,13,18H,6H2,1-2H3. The van der Waals surface area contributed by atoms with Crippen molar-refractivity contribution in [1.29, 1.82) is 0 Å². The van der Waals surface area contributed by atoms with E-state index in [1.54, 1.807) is 23.5 Å². The molecule has 0 aliphatic carbocycles. The van der Waals surface area contributed by atoms with Gasteiger partial charge in [-0.25, -0.2) is 4.39 Å². The van der Waals surface area contributed by atoms with Gasteiger partial charge in [-0.05, 0) is 54.5 Å². The zero-order valence-corrected chi connectivity index (χ0v) is 13.8. The molecule has 1 nitrogen and oxygen atoms in total. The average molecular weight is 363 g/mol. The zero-order chi connectivity index (χ0) is 14.0. The Kier molecular flexibility index (Phi) is 5.01. The fourth-order valence-corrected chi connectivity index (χ4v) is 3.84. The van der Waals surface area contributed by atoms with Crippen LogP contribution in [-0.4, -0.2) is 7.05 Å². The lowest BCUT2D eigenvalue weighted by atomic mass is 10.0. The van der Waals surface area contributed by atoms with Crippen LogP contribution in [-0.2, 0) is 6.42 Å². The number of hydrogen-bond donors (Lipinski definition) is 1. The van der Waals surface area contributed by atoms with Gasteiger partial charge in [0.05, 0.1) is 0 Å². The van der Waals surface area contributed by atoms with Gasteiger partial charge in [0, 0.05) is 30.9 Å². The van der Waals surface area contributed by atoms with Gasteiger partial charge >= 0.3 is 0 Å². The topological polar surface area (TPSA) is 12.0 Å². The van der Waals surface area contributed by atoms with E-state index in [0.717, 1.165) is 4.47 Å². The lowest BCUT2D eigenvalue weighted by Gasteiger charge is -2.16. The number of rotatable bonds is 4. The summed E-state index contributed by atoms with van der Waals surface area (Å²) in [7, 11) is 1.88. The zero-order valence-electron chi connectivity index (χ0n) is 10.6. The summed E-state index contributed by atoms with van der Waals surface area (Å²) in [6.07, 6.45) is 0.536. The SMILES string of the molecule is CNC(Cc1c(F)cccc1Cl)c1cc(Br)c(C)s1. The monoisotopic (exact) mass is 361 g/mol. The van der Waals surface area contributed by atoms with Crippen molar-refractivity contribution in [3.63, 3.8) is 0 Å². The Bertz CT molecular complexity index is 545. The molecule has 1 heterocycles. The van der Waals surface area contributed by atoms with Crippen LogP contribution < -0.4 is 5.32 Å². The van der Waals surface area contributed by atoms with Crippen LogP contribution in [0.1, 0.15) is 21.4 Å². The van der Waals surface area contributed by atoms with Crippen LogP contribution in [0.15, 0.2) is 28.7 Å². The van der Waals surface area contributed by atoms with E-state index in [0.29, 0.717) is 17.0 Å². The van der Waals surface area contributed by atoms with Crippen molar-refractivity contribution < 1.29 is 4.39 Å². The average Bonchev–Trinajstić information content (AvgIpc) is 2.69. The van der Waals surface area contributed by atoms with Gasteiger partial charge in [0.15, 0.2) is 0 Å². The van der Waals surface area contributed by atoms with Crippen LogP contribution in [0, 0.1) is 12.7 Å². The van der Waals surface area contributed by atoms with E-state index in [4.69, 9.17) is 11.6 Å². The van der Waals surface area contributed by atoms with Gasteiger partial charge in [-0.2, -0.15) is 0 Å². The lowest BCUT2D eigenvalue weighted by Crippen LogP contribution is -2.18. The van der Waals surface area contributed by atoms with Crippen LogP contribution in [0.3, 0.4) is 0 Å². The highest BCUT2D eigenvalue weighted by molar-refractivity contribution is 9.10. The van der Waals surface area contributed by atoms with Crippen molar-refractivity contribution in [3.8, 4) is 0 Å². The van der Waals surface area contributed by atoms with Gasteiger partial charge in [0.1, 0.15) is 5.82 Å². The molecule has 2 aromatic rings. The molecule has 1 aromatic heterocycles. The summed E-state index contributed by atoms with van der Waals surface area (Å²) in [4.78, 5) is 2.39. The van der Waals surface area contributed by atoms with E-state index in [2.05, 4.69) is 34.2 Å². The van der Waals surface area contributed by atoms with E-state index in [1.165, 1.54) is 15.8 Å². The molecule has 0 bridgehead atoms. The Morgan fingerprint density at radius 1 is 1.47 bits per heavy atom. The number of hydrogen-bond acceptors (Lipinski definition) is 2. The number of halogens is 3. The molecular weight excluding hydrogens is 349 g/mol. The van der Waals surface area contributed by atoms with Crippen molar-refractivity contribution in [2.45, 2.75) is 19.4 Å². The minimum absolute atomic E-state index is 0.0596. The molecule has 0 aliphatic rings. The van der Waals surface area contributed by atoms with E-state index < -0.39 is 0 Å². The first-order chi connectivity index (χ1) is 9.02. The second kappa shape index (κ2) is 6.35. The molecule has 0 fully saturated rings. The van der Waals surface area contributed by atoms with E-state index in [-0.39, 0.29) is 11.9 Å². The summed E-state index contributed by atoms with van der Waals surface area (Å²) < 4.78 is 14.9. The van der Waals surface area contributed by atoms with Gasteiger partial charge in [0.2, 0.25) is 0 Å². The molecule has 1 unspecified atom stereocenters. The fraction of sp³-hybridized carbons (Fsp3) is 0.286. The quantitative estimate of drug-likeness (QED) is 0.796. The summed E-state index contributed by atoms with van der Waals surface area (Å²) in [5.41, 5.74) is 0.561. The van der Waals surface area contributed by atoms with Gasteiger partial charge in [-0.3, -0.25) is 0 Å². The van der Waals surface area contributed by atoms with Crippen molar-refractivity contribution in [2.75, 3.05) is 7.05 Å².